The zero-order valence-corrected chi connectivity index (χ0v) is 9.78. The van der Waals surface area contributed by atoms with Crippen LogP contribution in [-0.2, 0) is 5.41 Å². The van der Waals surface area contributed by atoms with Crippen LogP contribution in [0.2, 0.25) is 0 Å². The van der Waals surface area contributed by atoms with Crippen LogP contribution in [0.15, 0.2) is 24.3 Å². The minimum atomic E-state index is -0.999. The van der Waals surface area contributed by atoms with Crippen molar-refractivity contribution in [1.29, 1.82) is 0 Å². The van der Waals surface area contributed by atoms with E-state index in [4.69, 9.17) is 9.84 Å². The van der Waals surface area contributed by atoms with E-state index in [9.17, 15) is 4.79 Å². The van der Waals surface area contributed by atoms with E-state index in [-0.39, 0.29) is 5.41 Å². The first-order valence-corrected chi connectivity index (χ1v) is 5.07. The van der Waals surface area contributed by atoms with E-state index in [2.05, 4.69) is 5.32 Å². The number of rotatable bonds is 4. The monoisotopic (exact) mass is 223 g/mol. The summed E-state index contributed by atoms with van der Waals surface area (Å²) in [5.74, 6) is 0.797. The van der Waals surface area contributed by atoms with Crippen molar-refractivity contribution in [2.24, 2.45) is 0 Å². The van der Waals surface area contributed by atoms with Crippen molar-refractivity contribution in [1.82, 2.24) is 5.32 Å². The van der Waals surface area contributed by atoms with E-state index >= 15 is 0 Å². The molecule has 0 saturated carbocycles. The van der Waals surface area contributed by atoms with E-state index in [1.807, 2.05) is 38.1 Å². The van der Waals surface area contributed by atoms with Gasteiger partial charge in [0.2, 0.25) is 0 Å². The third-order valence-corrected chi connectivity index (χ3v) is 2.55. The van der Waals surface area contributed by atoms with Gasteiger partial charge in [0.1, 0.15) is 5.75 Å². The van der Waals surface area contributed by atoms with Gasteiger partial charge < -0.3 is 15.2 Å². The summed E-state index contributed by atoms with van der Waals surface area (Å²) in [6, 6.07) is 7.64. The van der Waals surface area contributed by atoms with Crippen LogP contribution in [-0.4, -0.2) is 24.9 Å². The second kappa shape index (κ2) is 4.88. The van der Waals surface area contributed by atoms with Crippen LogP contribution in [0.1, 0.15) is 19.4 Å². The number of carbonyl (C=O) groups is 1. The van der Waals surface area contributed by atoms with Gasteiger partial charge in [-0.2, -0.15) is 0 Å². The maximum atomic E-state index is 10.4. The molecule has 4 heteroatoms. The molecular weight excluding hydrogens is 206 g/mol. The summed E-state index contributed by atoms with van der Waals surface area (Å²) < 4.78 is 5.07. The number of amides is 1. The predicted octanol–water partition coefficient (Wildman–Crippen LogP) is 2.24. The second-order valence-electron chi connectivity index (χ2n) is 4.27. The average molecular weight is 223 g/mol. The van der Waals surface area contributed by atoms with Gasteiger partial charge in [0, 0.05) is 12.0 Å². The molecule has 0 unspecified atom stereocenters. The summed E-state index contributed by atoms with van der Waals surface area (Å²) in [6.07, 6.45) is -0.999. The molecule has 0 radical (unpaired) electrons. The summed E-state index contributed by atoms with van der Waals surface area (Å²) in [5, 5.41) is 11.0. The van der Waals surface area contributed by atoms with Crippen LogP contribution in [0.5, 0.6) is 5.75 Å². The molecule has 16 heavy (non-hydrogen) atoms. The molecule has 4 nitrogen and oxygen atoms in total. The molecule has 0 aliphatic rings. The lowest BCUT2D eigenvalue weighted by atomic mass is 9.84. The number of ether oxygens (including phenoxy) is 1. The van der Waals surface area contributed by atoms with Crippen molar-refractivity contribution in [3.8, 4) is 5.75 Å². The van der Waals surface area contributed by atoms with E-state index < -0.39 is 6.09 Å². The summed E-state index contributed by atoms with van der Waals surface area (Å²) in [7, 11) is 1.62. The Labute approximate surface area is 95.2 Å². The molecule has 1 aromatic carbocycles. The van der Waals surface area contributed by atoms with Gasteiger partial charge in [-0.25, -0.2) is 4.79 Å². The highest BCUT2D eigenvalue weighted by Crippen LogP contribution is 2.24. The molecule has 0 saturated heterocycles. The Morgan fingerprint density at radius 3 is 2.38 bits per heavy atom. The van der Waals surface area contributed by atoms with Crippen LogP contribution >= 0.6 is 0 Å². The van der Waals surface area contributed by atoms with Crippen molar-refractivity contribution >= 4 is 6.09 Å². The largest absolute Gasteiger partial charge is 0.497 e. The smallest absolute Gasteiger partial charge is 0.404 e. The molecule has 0 atom stereocenters. The Kier molecular flexibility index (Phi) is 3.77. The normalized spacial score (nSPS) is 10.9. The standard InChI is InChI=1S/C12H17NO3/c1-12(2,8-13-11(14)15)9-4-6-10(16-3)7-5-9/h4-7,13H,8H2,1-3H3,(H,14,15). The predicted molar refractivity (Wildman–Crippen MR) is 62.0 cm³/mol. The number of carboxylic acid groups (broad SMARTS) is 1. The zero-order chi connectivity index (χ0) is 12.2. The van der Waals surface area contributed by atoms with Gasteiger partial charge in [0.15, 0.2) is 0 Å². The van der Waals surface area contributed by atoms with Crippen molar-refractivity contribution in [2.45, 2.75) is 19.3 Å². The van der Waals surface area contributed by atoms with Gasteiger partial charge in [0.25, 0.3) is 0 Å². The number of hydrogen-bond donors (Lipinski definition) is 2. The summed E-state index contributed by atoms with van der Waals surface area (Å²) in [4.78, 5) is 10.4. The molecule has 0 aliphatic heterocycles. The van der Waals surface area contributed by atoms with Crippen molar-refractivity contribution in [3.05, 3.63) is 29.8 Å². The molecular formula is C12H17NO3. The first-order valence-electron chi connectivity index (χ1n) is 5.07. The Morgan fingerprint density at radius 2 is 1.94 bits per heavy atom. The summed E-state index contributed by atoms with van der Waals surface area (Å²) in [5.41, 5.74) is 0.840. The highest BCUT2D eigenvalue weighted by Gasteiger charge is 2.21. The second-order valence-corrected chi connectivity index (χ2v) is 4.27. The van der Waals surface area contributed by atoms with Gasteiger partial charge in [-0.15, -0.1) is 0 Å². The zero-order valence-electron chi connectivity index (χ0n) is 9.78. The Hall–Kier alpha value is -1.71. The number of nitrogens with one attached hydrogen (secondary N) is 1. The SMILES string of the molecule is COc1ccc(C(C)(C)CNC(=O)O)cc1. The van der Waals surface area contributed by atoms with Gasteiger partial charge in [-0.3, -0.25) is 0 Å². The van der Waals surface area contributed by atoms with E-state index in [1.165, 1.54) is 0 Å². The Bertz CT molecular complexity index is 357. The Morgan fingerprint density at radius 1 is 1.38 bits per heavy atom. The molecule has 0 spiro atoms. The number of methoxy groups -OCH3 is 1. The average Bonchev–Trinajstić information content (AvgIpc) is 2.27. The van der Waals surface area contributed by atoms with Gasteiger partial charge in [-0.05, 0) is 17.7 Å². The van der Waals surface area contributed by atoms with Crippen LogP contribution in [0.4, 0.5) is 4.79 Å². The molecule has 0 bridgehead atoms. The molecule has 1 amide bonds. The minimum Gasteiger partial charge on any atom is -0.497 e. The molecule has 2 N–H and O–H groups in total. The van der Waals surface area contributed by atoms with Crippen molar-refractivity contribution in [2.75, 3.05) is 13.7 Å². The third kappa shape index (κ3) is 3.15. The molecule has 1 aromatic rings. The van der Waals surface area contributed by atoms with Crippen LogP contribution in [0, 0.1) is 0 Å². The highest BCUT2D eigenvalue weighted by atomic mass is 16.5. The molecule has 0 heterocycles. The van der Waals surface area contributed by atoms with E-state index in [1.54, 1.807) is 7.11 Å². The molecule has 0 fully saturated rings. The molecule has 0 aromatic heterocycles. The van der Waals surface area contributed by atoms with E-state index in [0.717, 1.165) is 11.3 Å². The Balaban J connectivity index is 2.76. The summed E-state index contributed by atoms with van der Waals surface area (Å²) in [6.45, 7) is 4.37. The van der Waals surface area contributed by atoms with Crippen molar-refractivity contribution in [3.63, 3.8) is 0 Å². The van der Waals surface area contributed by atoms with Gasteiger partial charge >= 0.3 is 6.09 Å². The fourth-order valence-electron chi connectivity index (χ4n) is 1.44. The number of hydrogen-bond acceptors (Lipinski definition) is 2. The fraction of sp³-hybridized carbons (Fsp3) is 0.417. The lowest BCUT2D eigenvalue weighted by molar-refractivity contribution is 0.192. The number of benzene rings is 1. The van der Waals surface area contributed by atoms with Crippen LogP contribution in [0.25, 0.3) is 0 Å². The van der Waals surface area contributed by atoms with Crippen molar-refractivity contribution < 1.29 is 14.6 Å². The van der Waals surface area contributed by atoms with Crippen LogP contribution in [0.3, 0.4) is 0 Å². The third-order valence-electron chi connectivity index (χ3n) is 2.55. The lowest BCUT2D eigenvalue weighted by Crippen LogP contribution is -2.35. The van der Waals surface area contributed by atoms with Gasteiger partial charge in [0.05, 0.1) is 7.11 Å². The maximum absolute atomic E-state index is 10.4. The molecule has 1 rings (SSSR count). The maximum Gasteiger partial charge on any atom is 0.404 e. The summed E-state index contributed by atoms with van der Waals surface area (Å²) >= 11 is 0. The van der Waals surface area contributed by atoms with E-state index in [0.29, 0.717) is 6.54 Å². The highest BCUT2D eigenvalue weighted by molar-refractivity contribution is 5.64. The topological polar surface area (TPSA) is 58.6 Å². The lowest BCUT2D eigenvalue weighted by Gasteiger charge is -2.25. The first kappa shape index (κ1) is 12.4. The molecule has 88 valence electrons. The fourth-order valence-corrected chi connectivity index (χ4v) is 1.44. The first-order chi connectivity index (χ1) is 7.45. The molecule has 0 aliphatic carbocycles. The quantitative estimate of drug-likeness (QED) is 0.823. The minimum absolute atomic E-state index is 0.231. The van der Waals surface area contributed by atoms with Gasteiger partial charge in [-0.1, -0.05) is 26.0 Å². The van der Waals surface area contributed by atoms with Crippen LogP contribution < -0.4 is 10.1 Å².